The number of hydrogen-bond acceptors (Lipinski definition) is 2. The number of hydrogen-bond donors (Lipinski definition) is 2. The Balaban J connectivity index is 3.36. The Labute approximate surface area is 171 Å². The van der Waals surface area contributed by atoms with E-state index in [1.807, 2.05) is 6.08 Å². The van der Waals surface area contributed by atoms with Crippen LogP contribution in [0.25, 0.3) is 0 Å². The maximum Gasteiger partial charge on any atom is 0.314 e. The first-order chi connectivity index (χ1) is 13.3. The van der Waals surface area contributed by atoms with E-state index in [2.05, 4.69) is 27.7 Å². The zero-order chi connectivity index (χ0) is 21.2. The van der Waals surface area contributed by atoms with Crippen molar-refractivity contribution in [1.29, 1.82) is 0 Å². The lowest BCUT2D eigenvalue weighted by Crippen LogP contribution is -2.54. The van der Waals surface area contributed by atoms with Crippen LogP contribution in [0.5, 0.6) is 0 Å². The summed E-state index contributed by atoms with van der Waals surface area (Å²) >= 11 is 0. The summed E-state index contributed by atoms with van der Waals surface area (Å²) in [6, 6.07) is 0. The van der Waals surface area contributed by atoms with Gasteiger partial charge in [0.15, 0.2) is 0 Å². The molecule has 0 bridgehead atoms. The minimum Gasteiger partial charge on any atom is -0.481 e. The van der Waals surface area contributed by atoms with E-state index in [9.17, 15) is 19.8 Å². The van der Waals surface area contributed by atoms with Gasteiger partial charge in [0.25, 0.3) is 0 Å². The topological polar surface area (TPSA) is 74.6 Å². The van der Waals surface area contributed by atoms with Crippen LogP contribution in [0.4, 0.5) is 0 Å². The van der Waals surface area contributed by atoms with Gasteiger partial charge in [0.05, 0.1) is 5.41 Å². The number of unbranched alkanes of at least 4 members (excludes halogenated alkanes) is 2. The summed E-state index contributed by atoms with van der Waals surface area (Å²) in [5, 5.41) is 20.8. The summed E-state index contributed by atoms with van der Waals surface area (Å²) in [6.07, 6.45) is 13.7. The number of carboxylic acid groups (broad SMARTS) is 2. The Morgan fingerprint density at radius 1 is 0.893 bits per heavy atom. The van der Waals surface area contributed by atoms with Gasteiger partial charge < -0.3 is 10.2 Å². The van der Waals surface area contributed by atoms with E-state index in [-0.39, 0.29) is 11.8 Å². The molecular weight excluding hydrogens is 352 g/mol. The van der Waals surface area contributed by atoms with Crippen LogP contribution in [0.3, 0.4) is 0 Å². The van der Waals surface area contributed by atoms with Crippen LogP contribution in [0.2, 0.25) is 0 Å². The fraction of sp³-hybridized carbons (Fsp3) is 0.833. The highest BCUT2D eigenvalue weighted by Gasteiger charge is 2.61. The summed E-state index contributed by atoms with van der Waals surface area (Å²) < 4.78 is 0. The van der Waals surface area contributed by atoms with Gasteiger partial charge in [0, 0.05) is 0 Å². The highest BCUT2D eigenvalue weighted by atomic mass is 16.4. The maximum absolute atomic E-state index is 12.7. The zero-order valence-electron chi connectivity index (χ0n) is 18.5. The van der Waals surface area contributed by atoms with E-state index < -0.39 is 22.8 Å². The van der Waals surface area contributed by atoms with Crippen molar-refractivity contribution in [2.24, 2.45) is 22.7 Å². The molecule has 0 aromatic carbocycles. The smallest absolute Gasteiger partial charge is 0.314 e. The van der Waals surface area contributed by atoms with Gasteiger partial charge in [-0.05, 0) is 37.5 Å². The molecule has 4 unspecified atom stereocenters. The molecule has 162 valence electrons. The van der Waals surface area contributed by atoms with Crippen molar-refractivity contribution in [2.75, 3.05) is 0 Å². The normalized spacial score (nSPS) is 26.7. The van der Waals surface area contributed by atoms with Crippen molar-refractivity contribution in [1.82, 2.24) is 0 Å². The molecule has 0 aliphatic heterocycles. The molecule has 0 spiro atoms. The quantitative estimate of drug-likeness (QED) is 0.322. The van der Waals surface area contributed by atoms with E-state index in [4.69, 9.17) is 0 Å². The number of carbonyl (C=O) groups is 2. The van der Waals surface area contributed by atoms with Gasteiger partial charge in [-0.1, -0.05) is 91.2 Å². The first-order valence-corrected chi connectivity index (χ1v) is 11.5. The Bertz CT molecular complexity index is 527. The molecule has 0 saturated carbocycles. The van der Waals surface area contributed by atoms with Crippen molar-refractivity contribution >= 4 is 11.9 Å². The Kier molecular flexibility index (Phi) is 10.3. The number of carboxylic acids is 2. The lowest BCUT2D eigenvalue weighted by molar-refractivity contribution is -0.175. The minimum atomic E-state index is -1.30. The van der Waals surface area contributed by atoms with Crippen molar-refractivity contribution in [3.05, 3.63) is 12.2 Å². The third kappa shape index (κ3) is 5.39. The van der Waals surface area contributed by atoms with Gasteiger partial charge >= 0.3 is 11.9 Å². The molecule has 0 heterocycles. The monoisotopic (exact) mass is 394 g/mol. The summed E-state index contributed by atoms with van der Waals surface area (Å²) in [6.45, 7) is 8.49. The highest BCUT2D eigenvalue weighted by molar-refractivity contribution is 5.89. The summed E-state index contributed by atoms with van der Waals surface area (Å²) in [4.78, 5) is 25.4. The third-order valence-corrected chi connectivity index (χ3v) is 7.12. The molecule has 0 aromatic heterocycles. The Hall–Kier alpha value is -1.32. The average Bonchev–Trinajstić information content (AvgIpc) is 2.68. The standard InChI is InChI=1S/C24H42O4/c1-5-9-13-19(7-3)17-23(21(25)26)15-11-12-16-24(23,22(27)28)18-20(8-4)14-10-6-2/h11,15,19-20H,5-10,12-14,16-18H2,1-4H3,(H,25,26)(H,27,28). The summed E-state index contributed by atoms with van der Waals surface area (Å²) in [5.74, 6) is -1.36. The lowest BCUT2D eigenvalue weighted by Gasteiger charge is -2.48. The SMILES string of the molecule is CCCCC(CC)CC1(C(=O)O)C=CCCC1(CC(CC)CCCC)C(=O)O. The van der Waals surface area contributed by atoms with Crippen molar-refractivity contribution in [3.63, 3.8) is 0 Å². The van der Waals surface area contributed by atoms with Crippen LogP contribution < -0.4 is 0 Å². The van der Waals surface area contributed by atoms with E-state index in [1.54, 1.807) is 6.08 Å². The van der Waals surface area contributed by atoms with Crippen LogP contribution in [0.15, 0.2) is 12.2 Å². The molecule has 1 aliphatic rings. The average molecular weight is 395 g/mol. The van der Waals surface area contributed by atoms with Crippen molar-refractivity contribution < 1.29 is 19.8 Å². The molecule has 28 heavy (non-hydrogen) atoms. The molecule has 0 radical (unpaired) electrons. The maximum atomic E-state index is 12.7. The van der Waals surface area contributed by atoms with Crippen molar-refractivity contribution in [3.8, 4) is 0 Å². The molecule has 0 aromatic rings. The van der Waals surface area contributed by atoms with Gasteiger partial charge in [-0.15, -0.1) is 0 Å². The number of rotatable bonds is 14. The lowest BCUT2D eigenvalue weighted by atomic mass is 9.52. The second-order valence-corrected chi connectivity index (χ2v) is 8.85. The van der Waals surface area contributed by atoms with Crippen LogP contribution in [-0.2, 0) is 9.59 Å². The van der Waals surface area contributed by atoms with E-state index >= 15 is 0 Å². The van der Waals surface area contributed by atoms with Crippen molar-refractivity contribution in [2.45, 2.75) is 105 Å². The van der Waals surface area contributed by atoms with Crippen LogP contribution in [0.1, 0.15) is 105 Å². The van der Waals surface area contributed by atoms with Gasteiger partial charge in [-0.2, -0.15) is 0 Å². The van der Waals surface area contributed by atoms with E-state index in [1.165, 1.54) is 0 Å². The Morgan fingerprint density at radius 2 is 1.43 bits per heavy atom. The van der Waals surface area contributed by atoms with Gasteiger partial charge in [0.1, 0.15) is 5.41 Å². The van der Waals surface area contributed by atoms with Crippen LogP contribution >= 0.6 is 0 Å². The van der Waals surface area contributed by atoms with Gasteiger partial charge in [-0.3, -0.25) is 9.59 Å². The molecule has 0 fully saturated rings. The molecule has 0 amide bonds. The van der Waals surface area contributed by atoms with Crippen LogP contribution in [0, 0.1) is 22.7 Å². The Morgan fingerprint density at radius 3 is 1.86 bits per heavy atom. The third-order valence-electron chi connectivity index (χ3n) is 7.12. The largest absolute Gasteiger partial charge is 0.481 e. The van der Waals surface area contributed by atoms with Crippen LogP contribution in [-0.4, -0.2) is 22.2 Å². The molecule has 4 heteroatoms. The fourth-order valence-electron chi connectivity index (χ4n) is 5.13. The second-order valence-electron chi connectivity index (χ2n) is 8.85. The first kappa shape index (κ1) is 24.7. The molecular formula is C24H42O4. The predicted molar refractivity (Wildman–Crippen MR) is 114 cm³/mol. The predicted octanol–water partition coefficient (Wildman–Crippen LogP) is 6.69. The molecule has 0 saturated heterocycles. The number of aliphatic carboxylic acids is 2. The minimum absolute atomic E-state index is 0.244. The van der Waals surface area contributed by atoms with E-state index in [0.29, 0.717) is 25.7 Å². The molecule has 1 aliphatic carbocycles. The van der Waals surface area contributed by atoms with Gasteiger partial charge in [0.2, 0.25) is 0 Å². The molecule has 4 atom stereocenters. The molecule has 2 N–H and O–H groups in total. The highest BCUT2D eigenvalue weighted by Crippen LogP contribution is 2.56. The summed E-state index contributed by atoms with van der Waals surface area (Å²) in [5.41, 5.74) is -2.51. The first-order valence-electron chi connectivity index (χ1n) is 11.5. The summed E-state index contributed by atoms with van der Waals surface area (Å²) in [7, 11) is 0. The fourth-order valence-corrected chi connectivity index (χ4v) is 5.13. The molecule has 1 rings (SSSR count). The van der Waals surface area contributed by atoms with Gasteiger partial charge in [-0.25, -0.2) is 0 Å². The van der Waals surface area contributed by atoms with E-state index in [0.717, 1.165) is 51.4 Å². The molecule has 4 nitrogen and oxygen atoms in total. The number of allylic oxidation sites excluding steroid dienone is 1. The zero-order valence-corrected chi connectivity index (χ0v) is 18.5. The second kappa shape index (κ2) is 11.6.